The minimum Gasteiger partial charge on any atom is -0.382 e. The zero-order valence-corrected chi connectivity index (χ0v) is 18.7. The Hall–Kier alpha value is -2.81. The second-order valence-electron chi connectivity index (χ2n) is 6.48. The van der Waals surface area contributed by atoms with Crippen molar-refractivity contribution in [2.24, 2.45) is 10.2 Å². The molecule has 2 N–H and O–H groups in total. The number of azo groups is 1. The summed E-state index contributed by atoms with van der Waals surface area (Å²) in [6.45, 7) is 0. The first-order valence-electron chi connectivity index (χ1n) is 9.04. The fraction of sp³-hybridized carbons (Fsp3) is 0.0455. The summed E-state index contributed by atoms with van der Waals surface area (Å²) >= 11 is 6.77. The molecule has 1 atom stereocenters. The third-order valence-corrected chi connectivity index (χ3v) is 5.52. The van der Waals surface area contributed by atoms with Gasteiger partial charge in [0.05, 0.1) is 17.1 Å². The quantitative estimate of drug-likeness (QED) is 0.303. The Labute approximate surface area is 189 Å². The Kier molecular flexibility index (Phi) is 6.08. The van der Waals surface area contributed by atoms with Crippen molar-refractivity contribution >= 4 is 43.2 Å². The van der Waals surface area contributed by atoms with E-state index in [1.165, 1.54) is 4.68 Å². The number of rotatable bonds is 5. The van der Waals surface area contributed by atoms with Crippen molar-refractivity contribution in [2.45, 2.75) is 6.10 Å². The summed E-state index contributed by atoms with van der Waals surface area (Å²) in [6.07, 6.45) is -1.06. The van der Waals surface area contributed by atoms with Crippen LogP contribution in [0, 0.1) is 0 Å². The summed E-state index contributed by atoms with van der Waals surface area (Å²) in [7, 11) is 0. The second kappa shape index (κ2) is 8.91. The number of aromatic amines is 1. The van der Waals surface area contributed by atoms with Crippen molar-refractivity contribution < 1.29 is 5.11 Å². The van der Waals surface area contributed by atoms with Gasteiger partial charge < -0.3 is 5.11 Å². The minimum atomic E-state index is -1.06. The van der Waals surface area contributed by atoms with Gasteiger partial charge in [-0.3, -0.25) is 9.89 Å². The summed E-state index contributed by atoms with van der Waals surface area (Å²) < 4.78 is 3.16. The first-order chi connectivity index (χ1) is 14.5. The Morgan fingerprint density at radius 1 is 0.833 bits per heavy atom. The van der Waals surface area contributed by atoms with E-state index in [0.717, 1.165) is 8.95 Å². The van der Waals surface area contributed by atoms with Crippen LogP contribution in [0.25, 0.3) is 5.69 Å². The molecule has 0 fully saturated rings. The van der Waals surface area contributed by atoms with E-state index in [0.29, 0.717) is 16.9 Å². The molecule has 30 heavy (non-hydrogen) atoms. The van der Waals surface area contributed by atoms with Gasteiger partial charge in [-0.25, -0.2) is 4.68 Å². The zero-order chi connectivity index (χ0) is 21.1. The molecular weight excluding hydrogens is 512 g/mol. The summed E-state index contributed by atoms with van der Waals surface area (Å²) in [5, 5.41) is 22.3. The van der Waals surface area contributed by atoms with Crippen LogP contribution >= 0.6 is 31.9 Å². The molecule has 4 aromatic rings. The molecule has 3 aromatic carbocycles. The first kappa shape index (κ1) is 20.5. The van der Waals surface area contributed by atoms with Gasteiger partial charge >= 0.3 is 0 Å². The molecule has 0 bridgehead atoms. The van der Waals surface area contributed by atoms with Gasteiger partial charge in [0.25, 0.3) is 5.56 Å². The molecule has 0 aliphatic heterocycles. The monoisotopic (exact) mass is 526 g/mol. The molecule has 8 heteroatoms. The van der Waals surface area contributed by atoms with Crippen molar-refractivity contribution in [2.75, 3.05) is 0 Å². The molecule has 0 saturated carbocycles. The molecule has 0 amide bonds. The molecule has 1 heterocycles. The molecule has 0 radical (unpaired) electrons. The number of H-pyrrole nitrogens is 1. The van der Waals surface area contributed by atoms with E-state index >= 15 is 0 Å². The Bertz CT molecular complexity index is 1230. The molecule has 1 aromatic heterocycles. The molecule has 6 nitrogen and oxygen atoms in total. The lowest BCUT2D eigenvalue weighted by Crippen LogP contribution is -2.13. The van der Waals surface area contributed by atoms with Crippen molar-refractivity contribution in [3.63, 3.8) is 0 Å². The van der Waals surface area contributed by atoms with Crippen LogP contribution in [0.5, 0.6) is 0 Å². The van der Waals surface area contributed by atoms with Gasteiger partial charge in [-0.15, -0.1) is 5.11 Å². The Morgan fingerprint density at radius 3 is 2.07 bits per heavy atom. The summed E-state index contributed by atoms with van der Waals surface area (Å²) in [6, 6.07) is 23.6. The number of aromatic nitrogens is 2. The average Bonchev–Trinajstić information content (AvgIpc) is 3.10. The maximum Gasteiger partial charge on any atom is 0.299 e. The topological polar surface area (TPSA) is 82.7 Å². The molecule has 150 valence electrons. The van der Waals surface area contributed by atoms with Crippen molar-refractivity contribution in [1.29, 1.82) is 0 Å². The normalized spacial score (nSPS) is 12.4. The predicted octanol–water partition coefficient (Wildman–Crippen LogP) is 6.19. The second-order valence-corrected chi connectivity index (χ2v) is 8.31. The molecule has 4 rings (SSSR count). The predicted molar refractivity (Wildman–Crippen MR) is 123 cm³/mol. The van der Waals surface area contributed by atoms with Crippen LogP contribution in [0.1, 0.15) is 17.4 Å². The number of hydrogen-bond donors (Lipinski definition) is 2. The summed E-state index contributed by atoms with van der Waals surface area (Å²) in [5.41, 5.74) is 1.78. The van der Waals surface area contributed by atoms with E-state index in [-0.39, 0.29) is 11.4 Å². The number of halogens is 2. The molecule has 0 spiro atoms. The van der Waals surface area contributed by atoms with Crippen LogP contribution in [0.4, 0.5) is 11.4 Å². The van der Waals surface area contributed by atoms with Gasteiger partial charge in [0.1, 0.15) is 6.10 Å². The highest BCUT2D eigenvalue weighted by molar-refractivity contribution is 9.10. The SMILES string of the molecule is O=c1c(N=Nc2ccc(Br)cc2)c(C(O)c2ccccc2)[nH]n1-c1ccc(Br)cc1. The van der Waals surface area contributed by atoms with Gasteiger partial charge in [-0.1, -0.05) is 62.2 Å². The van der Waals surface area contributed by atoms with Crippen LogP contribution in [-0.2, 0) is 0 Å². The molecule has 1 unspecified atom stereocenters. The fourth-order valence-electron chi connectivity index (χ4n) is 2.92. The van der Waals surface area contributed by atoms with Gasteiger partial charge in [-0.05, 0) is 54.1 Å². The van der Waals surface area contributed by atoms with Crippen LogP contribution < -0.4 is 5.56 Å². The van der Waals surface area contributed by atoms with Crippen molar-refractivity contribution in [3.05, 3.63) is 109 Å². The van der Waals surface area contributed by atoms with E-state index in [4.69, 9.17) is 0 Å². The highest BCUT2D eigenvalue weighted by Crippen LogP contribution is 2.29. The number of aliphatic hydroxyl groups is 1. The van der Waals surface area contributed by atoms with Crippen LogP contribution in [0.3, 0.4) is 0 Å². The molecule has 0 aliphatic rings. The number of aliphatic hydroxyl groups excluding tert-OH is 1. The number of hydrogen-bond acceptors (Lipinski definition) is 4. The van der Waals surface area contributed by atoms with E-state index in [9.17, 15) is 9.90 Å². The number of nitrogens with one attached hydrogen (secondary N) is 1. The minimum absolute atomic E-state index is 0.0530. The Morgan fingerprint density at radius 2 is 1.43 bits per heavy atom. The smallest absolute Gasteiger partial charge is 0.299 e. The van der Waals surface area contributed by atoms with E-state index in [1.807, 2.05) is 42.5 Å². The maximum atomic E-state index is 13.1. The van der Waals surface area contributed by atoms with Crippen LogP contribution in [-0.4, -0.2) is 14.9 Å². The third kappa shape index (κ3) is 4.35. The highest BCUT2D eigenvalue weighted by atomic mass is 79.9. The van der Waals surface area contributed by atoms with E-state index in [2.05, 4.69) is 47.2 Å². The maximum absolute atomic E-state index is 13.1. The molecular formula is C22H16Br2N4O2. The largest absolute Gasteiger partial charge is 0.382 e. The van der Waals surface area contributed by atoms with Crippen LogP contribution in [0.2, 0.25) is 0 Å². The molecule has 0 aliphatic carbocycles. The lowest BCUT2D eigenvalue weighted by Gasteiger charge is -2.09. The number of nitrogens with zero attached hydrogens (tertiary/aromatic N) is 3. The van der Waals surface area contributed by atoms with Crippen LogP contribution in [0.15, 0.2) is 103 Å². The summed E-state index contributed by atoms with van der Waals surface area (Å²) in [5.74, 6) is 0. The van der Waals surface area contributed by atoms with E-state index < -0.39 is 11.7 Å². The Balaban J connectivity index is 1.82. The van der Waals surface area contributed by atoms with Crippen molar-refractivity contribution in [3.8, 4) is 5.69 Å². The van der Waals surface area contributed by atoms with Gasteiger partial charge in [0, 0.05) is 8.95 Å². The average molecular weight is 528 g/mol. The number of benzene rings is 3. The standard InChI is InChI=1S/C22H16Br2N4O2/c23-15-6-10-17(11-7-15)25-26-20-19(21(29)14-4-2-1-3-5-14)27-28(22(20)30)18-12-8-16(24)9-13-18/h1-13,21,27,29H. The fourth-order valence-corrected chi connectivity index (χ4v) is 3.45. The van der Waals surface area contributed by atoms with Crippen molar-refractivity contribution in [1.82, 2.24) is 9.78 Å². The molecule has 0 saturated heterocycles. The highest BCUT2D eigenvalue weighted by Gasteiger charge is 2.22. The van der Waals surface area contributed by atoms with Gasteiger partial charge in [-0.2, -0.15) is 5.11 Å². The van der Waals surface area contributed by atoms with E-state index in [1.54, 1.807) is 36.4 Å². The van der Waals surface area contributed by atoms with Gasteiger partial charge in [0.2, 0.25) is 0 Å². The summed E-state index contributed by atoms with van der Waals surface area (Å²) in [4.78, 5) is 13.1. The van der Waals surface area contributed by atoms with Gasteiger partial charge in [0.15, 0.2) is 5.69 Å². The lowest BCUT2D eigenvalue weighted by atomic mass is 10.1. The first-order valence-corrected chi connectivity index (χ1v) is 10.6. The lowest BCUT2D eigenvalue weighted by molar-refractivity contribution is 0.215. The zero-order valence-electron chi connectivity index (χ0n) is 15.5. The third-order valence-electron chi connectivity index (χ3n) is 4.46.